The third-order valence-electron chi connectivity index (χ3n) is 3.83. The maximum absolute atomic E-state index is 12.8. The van der Waals surface area contributed by atoms with Crippen LogP contribution in [0.1, 0.15) is 22.8 Å². The molecular formula is C18H15F3N2O2S. The highest BCUT2D eigenvalue weighted by Gasteiger charge is 2.30. The molecule has 0 bridgehead atoms. The van der Waals surface area contributed by atoms with Crippen molar-refractivity contribution >= 4 is 27.5 Å². The van der Waals surface area contributed by atoms with Gasteiger partial charge in [-0.1, -0.05) is 23.5 Å². The van der Waals surface area contributed by atoms with Crippen LogP contribution in [0.5, 0.6) is 5.75 Å². The summed E-state index contributed by atoms with van der Waals surface area (Å²) in [6.45, 7) is 2.43. The van der Waals surface area contributed by atoms with Crippen LogP contribution < -0.4 is 9.54 Å². The van der Waals surface area contributed by atoms with Gasteiger partial charge in [0.2, 0.25) is 0 Å². The van der Waals surface area contributed by atoms with Crippen LogP contribution in [0.25, 0.3) is 10.2 Å². The zero-order valence-corrected chi connectivity index (χ0v) is 14.8. The molecule has 3 rings (SSSR count). The zero-order chi connectivity index (χ0) is 18.9. The molecule has 136 valence electrons. The Bertz CT molecular complexity index is 1030. The lowest BCUT2D eigenvalue weighted by molar-refractivity contribution is -0.137. The quantitative estimate of drug-likeness (QED) is 0.672. The Balaban J connectivity index is 2.12. The number of benzene rings is 2. The second-order valence-electron chi connectivity index (χ2n) is 5.43. The fourth-order valence-corrected chi connectivity index (χ4v) is 3.73. The van der Waals surface area contributed by atoms with E-state index in [4.69, 9.17) is 4.74 Å². The van der Waals surface area contributed by atoms with E-state index in [1.807, 2.05) is 23.6 Å². The third-order valence-corrected chi connectivity index (χ3v) is 4.88. The summed E-state index contributed by atoms with van der Waals surface area (Å²) >= 11 is 1.28. The van der Waals surface area contributed by atoms with Gasteiger partial charge in [0.15, 0.2) is 4.80 Å². The molecule has 0 unspecified atom stereocenters. The molecule has 1 amide bonds. The number of hydrogen-bond acceptors (Lipinski definition) is 3. The van der Waals surface area contributed by atoms with E-state index in [1.54, 1.807) is 13.2 Å². The molecule has 0 aliphatic heterocycles. The predicted octanol–water partition coefficient (Wildman–Crippen LogP) is 4.49. The van der Waals surface area contributed by atoms with E-state index in [2.05, 4.69) is 4.99 Å². The van der Waals surface area contributed by atoms with Gasteiger partial charge in [0.05, 0.1) is 17.4 Å². The van der Waals surface area contributed by atoms with E-state index in [9.17, 15) is 18.0 Å². The highest BCUT2D eigenvalue weighted by molar-refractivity contribution is 7.16. The fraction of sp³-hybridized carbons (Fsp3) is 0.222. The SMILES string of the molecule is CCn1c(=NC(=O)c2cccc(C(F)(F)F)c2)sc2cccc(OC)c21. The van der Waals surface area contributed by atoms with Crippen LogP contribution in [0.15, 0.2) is 47.5 Å². The van der Waals surface area contributed by atoms with E-state index in [-0.39, 0.29) is 5.56 Å². The van der Waals surface area contributed by atoms with Crippen molar-refractivity contribution in [3.05, 3.63) is 58.4 Å². The van der Waals surface area contributed by atoms with Gasteiger partial charge in [0.1, 0.15) is 11.3 Å². The summed E-state index contributed by atoms with van der Waals surface area (Å²) < 4.78 is 46.6. The van der Waals surface area contributed by atoms with E-state index in [1.165, 1.54) is 23.5 Å². The van der Waals surface area contributed by atoms with Crippen LogP contribution in [0.4, 0.5) is 13.2 Å². The second kappa shape index (κ2) is 6.95. The van der Waals surface area contributed by atoms with Crippen molar-refractivity contribution < 1.29 is 22.7 Å². The van der Waals surface area contributed by atoms with Crippen molar-refractivity contribution in [2.45, 2.75) is 19.6 Å². The van der Waals surface area contributed by atoms with Gasteiger partial charge in [-0.15, -0.1) is 0 Å². The van der Waals surface area contributed by atoms with Crippen molar-refractivity contribution in [1.29, 1.82) is 0 Å². The molecule has 0 saturated heterocycles. The minimum atomic E-state index is -4.51. The largest absolute Gasteiger partial charge is 0.495 e. The van der Waals surface area contributed by atoms with Gasteiger partial charge < -0.3 is 9.30 Å². The Hall–Kier alpha value is -2.61. The first-order chi connectivity index (χ1) is 12.3. The van der Waals surface area contributed by atoms with Gasteiger partial charge in [-0.2, -0.15) is 18.2 Å². The smallest absolute Gasteiger partial charge is 0.416 e. The maximum atomic E-state index is 12.8. The van der Waals surface area contributed by atoms with Gasteiger partial charge in [-0.25, -0.2) is 0 Å². The summed E-state index contributed by atoms with van der Waals surface area (Å²) in [4.78, 5) is 16.9. The Morgan fingerprint density at radius 3 is 2.62 bits per heavy atom. The lowest BCUT2D eigenvalue weighted by Gasteiger charge is -2.07. The number of alkyl halides is 3. The zero-order valence-electron chi connectivity index (χ0n) is 14.0. The number of nitrogens with zero attached hydrogens (tertiary/aromatic N) is 2. The summed E-state index contributed by atoms with van der Waals surface area (Å²) in [6, 6.07) is 9.78. The van der Waals surface area contributed by atoms with Crippen molar-refractivity contribution in [3.63, 3.8) is 0 Å². The number of carbonyl (C=O) groups excluding carboxylic acids is 1. The molecule has 4 nitrogen and oxygen atoms in total. The van der Waals surface area contributed by atoms with Crippen molar-refractivity contribution in [3.8, 4) is 5.75 Å². The fourth-order valence-electron chi connectivity index (χ4n) is 2.62. The number of methoxy groups -OCH3 is 1. The number of fused-ring (bicyclic) bond motifs is 1. The number of ether oxygens (including phenoxy) is 1. The van der Waals surface area contributed by atoms with Gasteiger partial charge in [-0.05, 0) is 37.3 Å². The summed E-state index contributed by atoms with van der Waals surface area (Å²) in [6.07, 6.45) is -4.51. The molecule has 2 aromatic carbocycles. The van der Waals surface area contributed by atoms with Crippen LogP contribution in [0, 0.1) is 0 Å². The third kappa shape index (κ3) is 3.37. The summed E-state index contributed by atoms with van der Waals surface area (Å²) in [5.41, 5.74) is -0.176. The highest BCUT2D eigenvalue weighted by atomic mass is 32.1. The normalized spacial score (nSPS) is 12.6. The second-order valence-corrected chi connectivity index (χ2v) is 6.44. The summed E-state index contributed by atoms with van der Waals surface area (Å²) in [7, 11) is 1.55. The number of aromatic nitrogens is 1. The summed E-state index contributed by atoms with van der Waals surface area (Å²) in [5, 5.41) is 0. The molecule has 1 heterocycles. The molecule has 8 heteroatoms. The predicted molar refractivity (Wildman–Crippen MR) is 93.4 cm³/mol. The molecular weight excluding hydrogens is 365 g/mol. The average Bonchev–Trinajstić information content (AvgIpc) is 2.98. The van der Waals surface area contributed by atoms with Gasteiger partial charge in [0, 0.05) is 12.1 Å². The molecule has 0 fully saturated rings. The number of para-hydroxylation sites is 1. The van der Waals surface area contributed by atoms with E-state index >= 15 is 0 Å². The number of aryl methyl sites for hydroxylation is 1. The van der Waals surface area contributed by atoms with Gasteiger partial charge in [-0.3, -0.25) is 4.79 Å². The molecule has 26 heavy (non-hydrogen) atoms. The van der Waals surface area contributed by atoms with Crippen molar-refractivity contribution in [2.75, 3.05) is 7.11 Å². The van der Waals surface area contributed by atoms with Crippen LogP contribution in [-0.2, 0) is 12.7 Å². The Labute approximate surface area is 151 Å². The number of amides is 1. The van der Waals surface area contributed by atoms with Gasteiger partial charge >= 0.3 is 6.18 Å². The average molecular weight is 380 g/mol. The molecule has 0 atom stereocenters. The molecule has 0 aliphatic carbocycles. The first-order valence-corrected chi connectivity index (χ1v) is 8.59. The highest BCUT2D eigenvalue weighted by Crippen LogP contribution is 2.30. The maximum Gasteiger partial charge on any atom is 0.416 e. The summed E-state index contributed by atoms with van der Waals surface area (Å²) in [5.74, 6) is -0.0719. The molecule has 0 spiro atoms. The number of rotatable bonds is 3. The molecule has 3 aromatic rings. The molecule has 0 saturated carbocycles. The Kier molecular flexibility index (Phi) is 4.86. The lowest BCUT2D eigenvalue weighted by Crippen LogP contribution is -2.16. The monoisotopic (exact) mass is 380 g/mol. The minimum absolute atomic E-state index is 0.105. The minimum Gasteiger partial charge on any atom is -0.495 e. The van der Waals surface area contributed by atoms with Crippen molar-refractivity contribution in [2.24, 2.45) is 4.99 Å². The van der Waals surface area contributed by atoms with Gasteiger partial charge in [0.25, 0.3) is 5.91 Å². The van der Waals surface area contributed by atoms with Crippen LogP contribution >= 0.6 is 11.3 Å². The van der Waals surface area contributed by atoms with Crippen LogP contribution in [0.3, 0.4) is 0 Å². The van der Waals surface area contributed by atoms with Crippen LogP contribution in [0.2, 0.25) is 0 Å². The topological polar surface area (TPSA) is 43.6 Å². The van der Waals surface area contributed by atoms with E-state index in [0.717, 1.165) is 22.3 Å². The number of thiazole rings is 1. The molecule has 1 aromatic heterocycles. The molecule has 0 N–H and O–H groups in total. The van der Waals surface area contributed by atoms with Crippen LogP contribution in [-0.4, -0.2) is 17.6 Å². The lowest BCUT2D eigenvalue weighted by atomic mass is 10.1. The first-order valence-electron chi connectivity index (χ1n) is 7.77. The van der Waals surface area contributed by atoms with E-state index < -0.39 is 17.6 Å². The van der Waals surface area contributed by atoms with Crippen molar-refractivity contribution in [1.82, 2.24) is 4.57 Å². The first kappa shape index (κ1) is 18.2. The Morgan fingerprint density at radius 1 is 1.23 bits per heavy atom. The number of carbonyl (C=O) groups is 1. The van der Waals surface area contributed by atoms with E-state index in [0.29, 0.717) is 17.1 Å². The Morgan fingerprint density at radius 2 is 1.96 bits per heavy atom. The standard InChI is InChI=1S/C18H15F3N2O2S/c1-3-23-15-13(25-2)8-5-9-14(15)26-17(23)22-16(24)11-6-4-7-12(10-11)18(19,20)21/h4-10H,3H2,1-2H3. The molecule has 0 aliphatic rings. The number of hydrogen-bond donors (Lipinski definition) is 0. The number of halogens is 3. The molecule has 0 radical (unpaired) electrons.